The zero-order valence-electron chi connectivity index (χ0n) is 12.7. The Kier molecular flexibility index (Phi) is 6.01. The SMILES string of the molecule is COc1ccc(C(C)=O)c(OCC(=O)NCc2ccc(Cl)s2)c1. The summed E-state index contributed by atoms with van der Waals surface area (Å²) in [5.74, 6) is 0.452. The highest BCUT2D eigenvalue weighted by Crippen LogP contribution is 2.25. The second kappa shape index (κ2) is 7.99. The molecule has 0 aliphatic carbocycles. The van der Waals surface area contributed by atoms with Crippen molar-refractivity contribution in [1.82, 2.24) is 5.32 Å². The van der Waals surface area contributed by atoms with Crippen molar-refractivity contribution in [3.05, 3.63) is 45.1 Å². The lowest BCUT2D eigenvalue weighted by Crippen LogP contribution is -2.28. The summed E-state index contributed by atoms with van der Waals surface area (Å²) in [7, 11) is 1.52. The highest BCUT2D eigenvalue weighted by Gasteiger charge is 2.12. The highest BCUT2D eigenvalue weighted by atomic mass is 35.5. The van der Waals surface area contributed by atoms with E-state index >= 15 is 0 Å². The van der Waals surface area contributed by atoms with Crippen LogP contribution in [0.15, 0.2) is 30.3 Å². The zero-order chi connectivity index (χ0) is 16.8. The van der Waals surface area contributed by atoms with Crippen molar-refractivity contribution in [3.63, 3.8) is 0 Å². The lowest BCUT2D eigenvalue weighted by atomic mass is 10.1. The molecule has 5 nitrogen and oxygen atoms in total. The predicted molar refractivity (Wildman–Crippen MR) is 89.7 cm³/mol. The Morgan fingerprint density at radius 1 is 1.26 bits per heavy atom. The first-order valence-corrected chi connectivity index (χ1v) is 8.01. The molecule has 0 aliphatic heterocycles. The molecule has 23 heavy (non-hydrogen) atoms. The summed E-state index contributed by atoms with van der Waals surface area (Å²) in [5, 5.41) is 2.73. The minimum absolute atomic E-state index is 0.142. The average Bonchev–Trinajstić information content (AvgIpc) is 2.95. The number of ketones is 1. The zero-order valence-corrected chi connectivity index (χ0v) is 14.3. The van der Waals surface area contributed by atoms with Gasteiger partial charge in [0.2, 0.25) is 0 Å². The van der Waals surface area contributed by atoms with E-state index in [1.807, 2.05) is 6.07 Å². The normalized spacial score (nSPS) is 10.2. The number of nitrogens with one attached hydrogen (secondary N) is 1. The van der Waals surface area contributed by atoms with Crippen LogP contribution >= 0.6 is 22.9 Å². The van der Waals surface area contributed by atoms with Crippen molar-refractivity contribution in [1.29, 1.82) is 0 Å². The molecule has 1 heterocycles. The van der Waals surface area contributed by atoms with Gasteiger partial charge in [-0.25, -0.2) is 0 Å². The molecule has 0 bridgehead atoms. The van der Waals surface area contributed by atoms with Crippen LogP contribution in [0.2, 0.25) is 4.34 Å². The summed E-state index contributed by atoms with van der Waals surface area (Å²) in [5.41, 5.74) is 0.406. The van der Waals surface area contributed by atoms with Crippen LogP contribution in [-0.4, -0.2) is 25.4 Å². The van der Waals surface area contributed by atoms with Gasteiger partial charge in [-0.2, -0.15) is 0 Å². The van der Waals surface area contributed by atoms with Gasteiger partial charge in [-0.05, 0) is 31.2 Å². The molecule has 0 spiro atoms. The van der Waals surface area contributed by atoms with Gasteiger partial charge in [0.15, 0.2) is 12.4 Å². The average molecular weight is 354 g/mol. The minimum atomic E-state index is -0.285. The Morgan fingerprint density at radius 3 is 2.65 bits per heavy atom. The Balaban J connectivity index is 1.94. The molecular formula is C16H16ClNO4S. The summed E-state index contributed by atoms with van der Waals surface area (Å²) in [6.45, 7) is 1.64. The van der Waals surface area contributed by atoms with Gasteiger partial charge in [0.1, 0.15) is 11.5 Å². The second-order valence-corrected chi connectivity index (χ2v) is 6.49. The molecule has 2 aromatic rings. The van der Waals surface area contributed by atoms with Crippen LogP contribution in [0.4, 0.5) is 0 Å². The third-order valence-electron chi connectivity index (χ3n) is 3.02. The van der Waals surface area contributed by atoms with E-state index in [4.69, 9.17) is 21.1 Å². The van der Waals surface area contributed by atoms with E-state index in [1.165, 1.54) is 25.4 Å². The molecule has 0 unspecified atom stereocenters. The molecule has 122 valence electrons. The van der Waals surface area contributed by atoms with Gasteiger partial charge < -0.3 is 14.8 Å². The smallest absolute Gasteiger partial charge is 0.258 e. The van der Waals surface area contributed by atoms with Gasteiger partial charge in [-0.1, -0.05) is 11.6 Å². The number of halogens is 1. The van der Waals surface area contributed by atoms with E-state index in [0.29, 0.717) is 27.9 Å². The number of ether oxygens (including phenoxy) is 2. The van der Waals surface area contributed by atoms with E-state index < -0.39 is 0 Å². The molecule has 0 aliphatic rings. The van der Waals surface area contributed by atoms with Crippen molar-refractivity contribution < 1.29 is 19.1 Å². The fourth-order valence-electron chi connectivity index (χ4n) is 1.87. The van der Waals surface area contributed by atoms with Crippen molar-refractivity contribution >= 4 is 34.6 Å². The maximum absolute atomic E-state index is 11.9. The Labute approximate surface area is 143 Å². The largest absolute Gasteiger partial charge is 0.497 e. The fourth-order valence-corrected chi connectivity index (χ4v) is 2.89. The van der Waals surface area contributed by atoms with Crippen LogP contribution in [0.25, 0.3) is 0 Å². The Morgan fingerprint density at radius 2 is 2.04 bits per heavy atom. The van der Waals surface area contributed by atoms with Crippen molar-refractivity contribution in [2.24, 2.45) is 0 Å². The minimum Gasteiger partial charge on any atom is -0.497 e. The summed E-state index contributed by atoms with van der Waals surface area (Å²) < 4.78 is 11.2. The molecule has 0 radical (unpaired) electrons. The maximum Gasteiger partial charge on any atom is 0.258 e. The number of Topliss-reactive ketones (excluding diaryl/α,β-unsaturated/α-hetero) is 1. The number of benzene rings is 1. The van der Waals surface area contributed by atoms with E-state index in [1.54, 1.807) is 24.3 Å². The van der Waals surface area contributed by atoms with Crippen LogP contribution in [-0.2, 0) is 11.3 Å². The third kappa shape index (κ3) is 4.97. The number of hydrogen-bond acceptors (Lipinski definition) is 5. The van der Waals surface area contributed by atoms with E-state index in [9.17, 15) is 9.59 Å². The first-order valence-electron chi connectivity index (χ1n) is 6.82. The van der Waals surface area contributed by atoms with Gasteiger partial charge in [-0.15, -0.1) is 11.3 Å². The second-order valence-electron chi connectivity index (χ2n) is 4.69. The molecular weight excluding hydrogens is 338 g/mol. The Bertz CT molecular complexity index is 714. The van der Waals surface area contributed by atoms with E-state index in [-0.39, 0.29) is 18.3 Å². The van der Waals surface area contributed by atoms with Crippen molar-refractivity contribution in [2.75, 3.05) is 13.7 Å². The van der Waals surface area contributed by atoms with Crippen LogP contribution < -0.4 is 14.8 Å². The monoisotopic (exact) mass is 353 g/mol. The number of carbonyl (C=O) groups excluding carboxylic acids is 2. The predicted octanol–water partition coefficient (Wildman–Crippen LogP) is 3.31. The number of thiophene rings is 1. The van der Waals surface area contributed by atoms with Gasteiger partial charge in [0, 0.05) is 10.9 Å². The molecule has 1 aromatic heterocycles. The molecule has 2 rings (SSSR count). The molecule has 7 heteroatoms. The van der Waals surface area contributed by atoms with Gasteiger partial charge >= 0.3 is 0 Å². The quantitative estimate of drug-likeness (QED) is 0.776. The molecule has 0 atom stereocenters. The van der Waals surface area contributed by atoms with Crippen LogP contribution in [0.1, 0.15) is 22.2 Å². The standard InChI is InChI=1S/C16H16ClNO4S/c1-10(19)13-5-3-11(21-2)7-14(13)22-9-16(20)18-8-12-4-6-15(17)23-12/h3-7H,8-9H2,1-2H3,(H,18,20). The number of rotatable bonds is 7. The van der Waals surface area contributed by atoms with Crippen molar-refractivity contribution in [3.8, 4) is 11.5 Å². The molecule has 0 saturated heterocycles. The first kappa shape index (κ1) is 17.3. The van der Waals surface area contributed by atoms with Crippen LogP contribution in [0.3, 0.4) is 0 Å². The summed E-state index contributed by atoms with van der Waals surface area (Å²) in [4.78, 5) is 24.4. The molecule has 1 amide bonds. The topological polar surface area (TPSA) is 64.6 Å². The van der Waals surface area contributed by atoms with Gasteiger partial charge in [0.05, 0.1) is 23.6 Å². The molecule has 1 N–H and O–H groups in total. The lowest BCUT2D eigenvalue weighted by Gasteiger charge is -2.11. The van der Waals surface area contributed by atoms with Gasteiger partial charge in [-0.3, -0.25) is 9.59 Å². The summed E-state index contributed by atoms with van der Waals surface area (Å²) in [6.07, 6.45) is 0. The molecule has 0 fully saturated rings. The first-order chi connectivity index (χ1) is 11.0. The lowest BCUT2D eigenvalue weighted by molar-refractivity contribution is -0.123. The Hall–Kier alpha value is -2.05. The van der Waals surface area contributed by atoms with Crippen LogP contribution in [0.5, 0.6) is 11.5 Å². The fraction of sp³-hybridized carbons (Fsp3) is 0.250. The third-order valence-corrected chi connectivity index (χ3v) is 4.25. The molecule has 1 aromatic carbocycles. The van der Waals surface area contributed by atoms with E-state index in [2.05, 4.69) is 5.32 Å². The van der Waals surface area contributed by atoms with Gasteiger partial charge in [0.25, 0.3) is 5.91 Å². The summed E-state index contributed by atoms with van der Waals surface area (Å²) >= 11 is 7.23. The maximum atomic E-state index is 11.9. The number of hydrogen-bond donors (Lipinski definition) is 1. The van der Waals surface area contributed by atoms with Crippen LogP contribution in [0, 0.1) is 0 Å². The number of amides is 1. The highest BCUT2D eigenvalue weighted by molar-refractivity contribution is 7.16. The van der Waals surface area contributed by atoms with E-state index in [0.717, 1.165) is 4.88 Å². The molecule has 0 saturated carbocycles. The number of carbonyl (C=O) groups is 2. The number of methoxy groups -OCH3 is 1. The van der Waals surface area contributed by atoms with Crippen molar-refractivity contribution in [2.45, 2.75) is 13.5 Å². The summed E-state index contributed by atoms with van der Waals surface area (Å²) in [6, 6.07) is 8.50.